The van der Waals surface area contributed by atoms with Crippen LogP contribution in [0.3, 0.4) is 0 Å². The Morgan fingerprint density at radius 1 is 1.22 bits per heavy atom. The summed E-state index contributed by atoms with van der Waals surface area (Å²) in [7, 11) is 0. The summed E-state index contributed by atoms with van der Waals surface area (Å²) in [4.78, 5) is 14.3. The van der Waals surface area contributed by atoms with Crippen molar-refractivity contribution in [3.8, 4) is 11.5 Å². The van der Waals surface area contributed by atoms with Crippen molar-refractivity contribution in [2.24, 2.45) is 0 Å². The number of likely N-dealkylation sites (tertiary alicyclic amines) is 1. The third-order valence-electron chi connectivity index (χ3n) is 4.94. The SMILES string of the molecule is CC(C)c1ccc(N[C@@H]2CCCN(C(=O)COc3ccccc3O)C2)cc1. The quantitative estimate of drug-likeness (QED) is 0.809. The van der Waals surface area contributed by atoms with Crippen LogP contribution in [0.4, 0.5) is 5.69 Å². The highest BCUT2D eigenvalue weighted by Gasteiger charge is 2.24. The fraction of sp³-hybridized carbons (Fsp3) is 0.409. The number of ether oxygens (including phenoxy) is 1. The predicted octanol–water partition coefficient (Wildman–Crippen LogP) is 4.00. The number of nitrogens with zero attached hydrogens (tertiary/aromatic N) is 1. The zero-order valence-electron chi connectivity index (χ0n) is 16.0. The van der Waals surface area contributed by atoms with Gasteiger partial charge < -0.3 is 20.1 Å². The monoisotopic (exact) mass is 368 g/mol. The number of phenolic OH excluding ortho intramolecular Hbond substituents is 1. The van der Waals surface area contributed by atoms with Crippen molar-refractivity contribution in [2.45, 2.75) is 38.6 Å². The van der Waals surface area contributed by atoms with E-state index in [1.165, 1.54) is 5.56 Å². The van der Waals surface area contributed by atoms with Crippen LogP contribution in [-0.4, -0.2) is 41.7 Å². The molecular weight excluding hydrogens is 340 g/mol. The minimum Gasteiger partial charge on any atom is -0.504 e. The molecule has 0 bridgehead atoms. The number of carbonyl (C=O) groups excluding carboxylic acids is 1. The van der Waals surface area contributed by atoms with E-state index < -0.39 is 0 Å². The van der Waals surface area contributed by atoms with Crippen LogP contribution >= 0.6 is 0 Å². The lowest BCUT2D eigenvalue weighted by Gasteiger charge is -2.33. The van der Waals surface area contributed by atoms with Crippen molar-refractivity contribution in [2.75, 3.05) is 25.0 Å². The Hall–Kier alpha value is -2.69. The molecule has 1 heterocycles. The van der Waals surface area contributed by atoms with Gasteiger partial charge in [-0.1, -0.05) is 38.1 Å². The normalized spacial score (nSPS) is 17.0. The van der Waals surface area contributed by atoms with Gasteiger partial charge in [0.2, 0.25) is 0 Å². The summed E-state index contributed by atoms with van der Waals surface area (Å²) in [5.41, 5.74) is 2.41. The fourth-order valence-corrected chi connectivity index (χ4v) is 3.33. The van der Waals surface area contributed by atoms with Gasteiger partial charge in [0.05, 0.1) is 0 Å². The van der Waals surface area contributed by atoms with Crippen molar-refractivity contribution < 1.29 is 14.6 Å². The van der Waals surface area contributed by atoms with E-state index in [4.69, 9.17) is 4.74 Å². The number of carbonyl (C=O) groups is 1. The lowest BCUT2D eigenvalue weighted by molar-refractivity contribution is -0.134. The van der Waals surface area contributed by atoms with Crippen LogP contribution in [0.5, 0.6) is 11.5 Å². The first-order valence-electron chi connectivity index (χ1n) is 9.58. The topological polar surface area (TPSA) is 61.8 Å². The number of amides is 1. The second kappa shape index (κ2) is 8.80. The van der Waals surface area contributed by atoms with E-state index in [0.717, 1.165) is 25.1 Å². The van der Waals surface area contributed by atoms with Crippen molar-refractivity contribution in [3.63, 3.8) is 0 Å². The molecule has 1 aliphatic rings. The van der Waals surface area contributed by atoms with Crippen LogP contribution in [-0.2, 0) is 4.79 Å². The Morgan fingerprint density at radius 3 is 2.67 bits per heavy atom. The van der Waals surface area contributed by atoms with Gasteiger partial charge in [0.1, 0.15) is 0 Å². The molecule has 1 amide bonds. The summed E-state index contributed by atoms with van der Waals surface area (Å²) in [6.45, 7) is 5.71. The average Bonchev–Trinajstić information content (AvgIpc) is 2.68. The number of aromatic hydroxyl groups is 1. The molecule has 27 heavy (non-hydrogen) atoms. The smallest absolute Gasteiger partial charge is 0.260 e. The van der Waals surface area contributed by atoms with Crippen molar-refractivity contribution in [1.29, 1.82) is 0 Å². The molecule has 0 aromatic heterocycles. The molecule has 1 atom stereocenters. The van der Waals surface area contributed by atoms with Crippen molar-refractivity contribution >= 4 is 11.6 Å². The van der Waals surface area contributed by atoms with Gasteiger partial charge in [-0.2, -0.15) is 0 Å². The third-order valence-corrected chi connectivity index (χ3v) is 4.94. The first kappa shape index (κ1) is 19.1. The maximum Gasteiger partial charge on any atom is 0.260 e. The molecule has 3 rings (SSSR count). The second-order valence-corrected chi connectivity index (χ2v) is 7.36. The zero-order chi connectivity index (χ0) is 19.2. The molecule has 0 spiro atoms. The Labute approximate surface area is 161 Å². The highest BCUT2D eigenvalue weighted by atomic mass is 16.5. The van der Waals surface area contributed by atoms with Crippen molar-refractivity contribution in [3.05, 3.63) is 54.1 Å². The first-order chi connectivity index (χ1) is 13.0. The van der Waals surface area contributed by atoms with Gasteiger partial charge in [0, 0.05) is 24.8 Å². The summed E-state index contributed by atoms with van der Waals surface area (Å²) >= 11 is 0. The second-order valence-electron chi connectivity index (χ2n) is 7.36. The van der Waals surface area contributed by atoms with Crippen LogP contribution in [0.15, 0.2) is 48.5 Å². The van der Waals surface area contributed by atoms with E-state index in [2.05, 4.69) is 43.4 Å². The summed E-state index contributed by atoms with van der Waals surface area (Å²) in [5.74, 6) is 0.849. The minimum atomic E-state index is -0.0621. The fourth-order valence-electron chi connectivity index (χ4n) is 3.33. The number of hydrogen-bond acceptors (Lipinski definition) is 4. The number of phenols is 1. The van der Waals surface area contributed by atoms with Gasteiger partial charge in [-0.3, -0.25) is 4.79 Å². The summed E-state index contributed by atoms with van der Waals surface area (Å²) in [6.07, 6.45) is 2.00. The minimum absolute atomic E-state index is 0.0494. The van der Waals surface area contributed by atoms with E-state index in [1.807, 2.05) is 4.90 Å². The number of hydrogen-bond donors (Lipinski definition) is 2. The van der Waals surface area contributed by atoms with Crippen LogP contribution in [0.2, 0.25) is 0 Å². The van der Waals surface area contributed by atoms with E-state index in [9.17, 15) is 9.90 Å². The van der Waals surface area contributed by atoms with E-state index >= 15 is 0 Å². The molecule has 1 saturated heterocycles. The maximum absolute atomic E-state index is 12.5. The Morgan fingerprint density at radius 2 is 1.96 bits per heavy atom. The van der Waals surface area contributed by atoms with Gasteiger partial charge in [0.15, 0.2) is 18.1 Å². The lowest BCUT2D eigenvalue weighted by Crippen LogP contribution is -2.46. The number of nitrogens with one attached hydrogen (secondary N) is 1. The number of para-hydroxylation sites is 2. The molecule has 1 fully saturated rings. The molecule has 144 valence electrons. The Bertz CT molecular complexity index is 758. The molecule has 0 unspecified atom stereocenters. The molecule has 5 heteroatoms. The van der Waals surface area contributed by atoms with Gasteiger partial charge in [-0.25, -0.2) is 0 Å². The van der Waals surface area contributed by atoms with Gasteiger partial charge in [-0.15, -0.1) is 0 Å². The molecule has 2 aromatic carbocycles. The molecule has 0 radical (unpaired) electrons. The average molecular weight is 368 g/mol. The number of rotatable bonds is 6. The molecule has 5 nitrogen and oxygen atoms in total. The molecule has 2 N–H and O–H groups in total. The van der Waals surface area contributed by atoms with E-state index in [0.29, 0.717) is 18.2 Å². The number of anilines is 1. The molecule has 0 saturated carbocycles. The Kier molecular flexibility index (Phi) is 6.22. The summed E-state index contributed by atoms with van der Waals surface area (Å²) in [5, 5.41) is 13.3. The van der Waals surface area contributed by atoms with Crippen molar-refractivity contribution in [1.82, 2.24) is 4.90 Å². The summed E-state index contributed by atoms with van der Waals surface area (Å²) < 4.78 is 5.48. The van der Waals surface area contributed by atoms with Gasteiger partial charge in [0.25, 0.3) is 5.91 Å². The van der Waals surface area contributed by atoms with Gasteiger partial charge in [-0.05, 0) is 48.6 Å². The highest BCUT2D eigenvalue weighted by Crippen LogP contribution is 2.24. The largest absolute Gasteiger partial charge is 0.504 e. The summed E-state index contributed by atoms with van der Waals surface area (Å²) in [6, 6.07) is 15.4. The predicted molar refractivity (Wildman–Crippen MR) is 107 cm³/mol. The van der Waals surface area contributed by atoms with E-state index in [-0.39, 0.29) is 24.3 Å². The highest BCUT2D eigenvalue weighted by molar-refractivity contribution is 5.78. The van der Waals surface area contributed by atoms with Crippen LogP contribution < -0.4 is 10.1 Å². The molecule has 1 aliphatic heterocycles. The third kappa shape index (κ3) is 5.16. The van der Waals surface area contributed by atoms with Crippen LogP contribution in [0.1, 0.15) is 38.2 Å². The maximum atomic E-state index is 12.5. The standard InChI is InChI=1S/C22H28N2O3/c1-16(2)17-9-11-18(12-10-17)23-19-6-5-13-24(14-19)22(26)15-27-21-8-4-3-7-20(21)25/h3-4,7-12,16,19,23,25H,5-6,13-15H2,1-2H3/t19-/m1/s1. The first-order valence-corrected chi connectivity index (χ1v) is 9.58. The van der Waals surface area contributed by atoms with Gasteiger partial charge >= 0.3 is 0 Å². The van der Waals surface area contributed by atoms with Crippen LogP contribution in [0.25, 0.3) is 0 Å². The molecule has 0 aliphatic carbocycles. The molecular formula is C22H28N2O3. The van der Waals surface area contributed by atoms with Crippen LogP contribution in [0, 0.1) is 0 Å². The molecule has 2 aromatic rings. The number of piperidine rings is 1. The Balaban J connectivity index is 1.52. The zero-order valence-corrected chi connectivity index (χ0v) is 16.0. The van der Waals surface area contributed by atoms with E-state index in [1.54, 1.807) is 24.3 Å². The lowest BCUT2D eigenvalue weighted by atomic mass is 10.0. The number of benzene rings is 2.